The minimum atomic E-state index is -0.584. The molecule has 1 aromatic rings. The third-order valence-corrected chi connectivity index (χ3v) is 2.09. The molecule has 88 valence electrons. The molecule has 0 heterocycles. The minimum Gasteiger partial charge on any atom is -0.490 e. The molecule has 0 aliphatic heterocycles. The predicted octanol–water partition coefficient (Wildman–Crippen LogP) is 0.517. The average Bonchev–Trinajstić information content (AvgIpc) is 2.19. The molecule has 1 unspecified atom stereocenters. The van der Waals surface area contributed by atoms with Crippen molar-refractivity contribution >= 4 is 11.6 Å². The lowest BCUT2D eigenvalue weighted by Crippen LogP contribution is -2.15. The van der Waals surface area contributed by atoms with Crippen molar-refractivity contribution in [3.63, 3.8) is 0 Å². The topological polar surface area (TPSA) is 98.6 Å². The van der Waals surface area contributed by atoms with E-state index < -0.39 is 12.0 Å². The number of amides is 1. The molecule has 16 heavy (non-hydrogen) atoms. The molecular weight excluding hydrogens is 208 g/mol. The van der Waals surface area contributed by atoms with E-state index in [0.29, 0.717) is 12.1 Å². The Labute approximate surface area is 94.0 Å². The second-order valence-corrected chi connectivity index (χ2v) is 3.57. The van der Waals surface area contributed by atoms with Gasteiger partial charge in [-0.3, -0.25) is 4.79 Å². The molecular formula is C11H16N2O3. The Balaban J connectivity index is 2.80. The van der Waals surface area contributed by atoms with E-state index >= 15 is 0 Å². The number of nitrogen functional groups attached to an aromatic ring is 1. The number of carbonyl (C=O) groups is 1. The number of nitrogens with two attached hydrogens (primary N) is 2. The van der Waals surface area contributed by atoms with Gasteiger partial charge in [-0.05, 0) is 19.1 Å². The molecule has 5 heteroatoms. The van der Waals surface area contributed by atoms with Crippen LogP contribution in [-0.4, -0.2) is 23.7 Å². The molecule has 1 rings (SSSR count). The molecule has 0 aliphatic rings. The Morgan fingerprint density at radius 2 is 2.25 bits per heavy atom. The normalized spacial score (nSPS) is 12.1. The molecule has 1 atom stereocenters. The second-order valence-electron chi connectivity index (χ2n) is 3.57. The highest BCUT2D eigenvalue weighted by Gasteiger charge is 2.12. The van der Waals surface area contributed by atoms with Crippen LogP contribution >= 0.6 is 0 Å². The Morgan fingerprint density at radius 1 is 1.56 bits per heavy atom. The Bertz CT molecular complexity index is 377. The smallest absolute Gasteiger partial charge is 0.252 e. The van der Waals surface area contributed by atoms with Crippen molar-refractivity contribution in [2.24, 2.45) is 5.73 Å². The van der Waals surface area contributed by atoms with Crippen LogP contribution in [0.15, 0.2) is 18.2 Å². The maximum atomic E-state index is 11.1. The van der Waals surface area contributed by atoms with Crippen LogP contribution in [0, 0.1) is 0 Å². The standard InChI is InChI=1S/C11H16N2O3/c1-7(14)5-6-16-10-8(11(13)15)3-2-4-9(10)12/h2-4,7,14H,5-6,12H2,1H3,(H2,13,15). The number of rotatable bonds is 5. The van der Waals surface area contributed by atoms with Crippen LogP contribution in [-0.2, 0) is 0 Å². The number of aliphatic hydroxyl groups excluding tert-OH is 1. The Kier molecular flexibility index (Phi) is 4.13. The number of para-hydroxylation sites is 1. The monoisotopic (exact) mass is 224 g/mol. The number of primary amides is 1. The van der Waals surface area contributed by atoms with Gasteiger partial charge in [-0.25, -0.2) is 0 Å². The molecule has 0 radical (unpaired) electrons. The molecule has 0 spiro atoms. The third kappa shape index (κ3) is 3.13. The summed E-state index contributed by atoms with van der Waals surface area (Å²) in [5.74, 6) is -0.296. The Morgan fingerprint density at radius 3 is 2.81 bits per heavy atom. The lowest BCUT2D eigenvalue weighted by molar-refractivity contribution is 0.0995. The van der Waals surface area contributed by atoms with Gasteiger partial charge in [0.15, 0.2) is 5.75 Å². The fourth-order valence-corrected chi connectivity index (χ4v) is 1.24. The highest BCUT2D eigenvalue weighted by molar-refractivity contribution is 5.97. The molecule has 5 N–H and O–H groups in total. The van der Waals surface area contributed by atoms with Crippen molar-refractivity contribution in [1.82, 2.24) is 0 Å². The predicted molar refractivity (Wildman–Crippen MR) is 61.2 cm³/mol. The van der Waals surface area contributed by atoms with Gasteiger partial charge in [-0.15, -0.1) is 0 Å². The number of ether oxygens (including phenoxy) is 1. The number of benzene rings is 1. The average molecular weight is 224 g/mol. The molecule has 5 nitrogen and oxygen atoms in total. The van der Waals surface area contributed by atoms with E-state index in [0.717, 1.165) is 0 Å². The molecule has 1 amide bonds. The van der Waals surface area contributed by atoms with Crippen molar-refractivity contribution in [1.29, 1.82) is 0 Å². The van der Waals surface area contributed by atoms with Crippen LogP contribution in [0.2, 0.25) is 0 Å². The summed E-state index contributed by atoms with van der Waals surface area (Å²) in [4.78, 5) is 11.1. The van der Waals surface area contributed by atoms with E-state index in [-0.39, 0.29) is 17.9 Å². The summed E-state index contributed by atoms with van der Waals surface area (Å²) in [5, 5.41) is 9.08. The summed E-state index contributed by atoms with van der Waals surface area (Å²) in [6, 6.07) is 4.82. The summed E-state index contributed by atoms with van der Waals surface area (Å²) in [6.07, 6.45) is 0.00830. The second kappa shape index (κ2) is 5.37. The summed E-state index contributed by atoms with van der Waals surface area (Å²) in [6.45, 7) is 1.94. The lowest BCUT2D eigenvalue weighted by atomic mass is 10.1. The van der Waals surface area contributed by atoms with E-state index in [1.54, 1.807) is 25.1 Å². The quantitative estimate of drug-likeness (QED) is 0.635. The van der Waals surface area contributed by atoms with Crippen molar-refractivity contribution in [2.75, 3.05) is 12.3 Å². The fourth-order valence-electron chi connectivity index (χ4n) is 1.24. The Hall–Kier alpha value is -1.75. The maximum Gasteiger partial charge on any atom is 0.252 e. The van der Waals surface area contributed by atoms with Crippen LogP contribution in [0.5, 0.6) is 5.75 Å². The van der Waals surface area contributed by atoms with E-state index in [2.05, 4.69) is 0 Å². The lowest BCUT2D eigenvalue weighted by Gasteiger charge is -2.12. The minimum absolute atomic E-state index is 0.255. The fraction of sp³-hybridized carbons (Fsp3) is 0.364. The largest absolute Gasteiger partial charge is 0.490 e. The summed E-state index contributed by atoms with van der Waals surface area (Å²) in [7, 11) is 0. The number of hydrogen-bond donors (Lipinski definition) is 3. The first-order valence-electron chi connectivity index (χ1n) is 5.01. The zero-order valence-electron chi connectivity index (χ0n) is 9.14. The van der Waals surface area contributed by atoms with Crippen LogP contribution in [0.3, 0.4) is 0 Å². The van der Waals surface area contributed by atoms with Gasteiger partial charge in [0.1, 0.15) is 0 Å². The van der Waals surface area contributed by atoms with Gasteiger partial charge < -0.3 is 21.3 Å². The zero-order valence-corrected chi connectivity index (χ0v) is 9.14. The van der Waals surface area contributed by atoms with E-state index in [1.165, 1.54) is 0 Å². The van der Waals surface area contributed by atoms with Gasteiger partial charge in [0.25, 0.3) is 5.91 Å². The van der Waals surface area contributed by atoms with Gasteiger partial charge in [0, 0.05) is 6.42 Å². The van der Waals surface area contributed by atoms with Crippen LogP contribution in [0.25, 0.3) is 0 Å². The molecule has 0 aliphatic carbocycles. The van der Waals surface area contributed by atoms with Crippen molar-refractivity contribution in [3.05, 3.63) is 23.8 Å². The number of anilines is 1. The van der Waals surface area contributed by atoms with Crippen LogP contribution in [0.4, 0.5) is 5.69 Å². The van der Waals surface area contributed by atoms with E-state index in [9.17, 15) is 4.79 Å². The van der Waals surface area contributed by atoms with E-state index in [4.69, 9.17) is 21.3 Å². The van der Waals surface area contributed by atoms with Gasteiger partial charge in [-0.2, -0.15) is 0 Å². The SMILES string of the molecule is CC(O)CCOc1c(N)cccc1C(N)=O. The first kappa shape index (κ1) is 12.3. The summed E-state index contributed by atoms with van der Waals surface area (Å²) >= 11 is 0. The molecule has 0 saturated heterocycles. The molecule has 0 fully saturated rings. The van der Waals surface area contributed by atoms with Crippen molar-refractivity contribution < 1.29 is 14.6 Å². The van der Waals surface area contributed by atoms with Crippen molar-refractivity contribution in [2.45, 2.75) is 19.4 Å². The number of aliphatic hydroxyl groups is 1. The molecule has 0 saturated carbocycles. The number of hydrogen-bond acceptors (Lipinski definition) is 4. The highest BCUT2D eigenvalue weighted by Crippen LogP contribution is 2.26. The van der Waals surface area contributed by atoms with Gasteiger partial charge in [0.2, 0.25) is 0 Å². The number of carbonyl (C=O) groups excluding carboxylic acids is 1. The highest BCUT2D eigenvalue weighted by atomic mass is 16.5. The summed E-state index contributed by atoms with van der Waals surface area (Å²) in [5.41, 5.74) is 11.5. The van der Waals surface area contributed by atoms with Crippen molar-refractivity contribution in [3.8, 4) is 5.75 Å². The zero-order chi connectivity index (χ0) is 12.1. The van der Waals surface area contributed by atoms with Gasteiger partial charge >= 0.3 is 0 Å². The van der Waals surface area contributed by atoms with Gasteiger partial charge in [-0.1, -0.05) is 6.07 Å². The summed E-state index contributed by atoms with van der Waals surface area (Å²) < 4.78 is 5.35. The maximum absolute atomic E-state index is 11.1. The first-order valence-corrected chi connectivity index (χ1v) is 5.01. The van der Waals surface area contributed by atoms with Crippen LogP contribution < -0.4 is 16.2 Å². The molecule has 0 bridgehead atoms. The van der Waals surface area contributed by atoms with Crippen LogP contribution in [0.1, 0.15) is 23.7 Å². The molecule has 1 aromatic carbocycles. The molecule has 0 aromatic heterocycles. The van der Waals surface area contributed by atoms with Gasteiger partial charge in [0.05, 0.1) is 24.0 Å². The first-order chi connectivity index (χ1) is 7.52. The third-order valence-electron chi connectivity index (χ3n) is 2.09. The van der Waals surface area contributed by atoms with E-state index in [1.807, 2.05) is 0 Å².